The molecule has 1 N–H and O–H groups in total. The Hall–Kier alpha value is -1.66. The van der Waals surface area contributed by atoms with Crippen molar-refractivity contribution >= 4 is 44.0 Å². The first-order valence-electron chi connectivity index (χ1n) is 8.29. The maximum Gasteiger partial charge on any atom is 0.277 e. The van der Waals surface area contributed by atoms with Gasteiger partial charge >= 0.3 is 0 Å². The summed E-state index contributed by atoms with van der Waals surface area (Å²) in [6.07, 6.45) is 1.61. The summed E-state index contributed by atoms with van der Waals surface area (Å²) in [7, 11) is 0. The quantitative estimate of drug-likeness (QED) is 0.438. The number of ether oxygens (including phenoxy) is 1. The molecule has 138 valence electrons. The van der Waals surface area contributed by atoms with Crippen LogP contribution in [0.2, 0.25) is 0 Å². The number of hydrogen-bond donors (Lipinski definition) is 1. The molecule has 0 fully saturated rings. The van der Waals surface area contributed by atoms with Gasteiger partial charge in [0.15, 0.2) is 6.61 Å². The third kappa shape index (κ3) is 5.42. The van der Waals surface area contributed by atoms with Gasteiger partial charge in [0.1, 0.15) is 5.75 Å². The van der Waals surface area contributed by atoms with Crippen LogP contribution in [0.1, 0.15) is 42.0 Å². The van der Waals surface area contributed by atoms with Gasteiger partial charge in [0, 0.05) is 4.47 Å². The number of amides is 1. The molecule has 0 atom stereocenters. The van der Waals surface area contributed by atoms with E-state index in [1.165, 1.54) is 5.56 Å². The first-order valence-corrected chi connectivity index (χ1v) is 9.88. The molecule has 0 aromatic heterocycles. The van der Waals surface area contributed by atoms with Gasteiger partial charge in [0.05, 0.1) is 10.7 Å². The van der Waals surface area contributed by atoms with E-state index < -0.39 is 0 Å². The summed E-state index contributed by atoms with van der Waals surface area (Å²) in [5.74, 6) is 0.648. The number of nitrogens with one attached hydrogen (secondary N) is 1. The van der Waals surface area contributed by atoms with Gasteiger partial charge in [-0.3, -0.25) is 4.79 Å². The van der Waals surface area contributed by atoms with Crippen LogP contribution < -0.4 is 10.2 Å². The second-order valence-electron chi connectivity index (χ2n) is 6.36. The summed E-state index contributed by atoms with van der Waals surface area (Å²) in [5, 5.41) is 3.97. The molecule has 0 bridgehead atoms. The Kier molecular flexibility index (Phi) is 7.41. The minimum Gasteiger partial charge on any atom is -0.482 e. The maximum atomic E-state index is 12.0. The summed E-state index contributed by atoms with van der Waals surface area (Å²) in [5.41, 5.74) is 6.65. The van der Waals surface area contributed by atoms with E-state index in [4.69, 9.17) is 4.74 Å². The lowest BCUT2D eigenvalue weighted by Crippen LogP contribution is -2.25. The largest absolute Gasteiger partial charge is 0.482 e. The van der Waals surface area contributed by atoms with Crippen LogP contribution in [0.5, 0.6) is 5.75 Å². The highest BCUT2D eigenvalue weighted by Crippen LogP contribution is 2.40. The van der Waals surface area contributed by atoms with E-state index in [0.717, 1.165) is 25.6 Å². The van der Waals surface area contributed by atoms with Gasteiger partial charge in [-0.2, -0.15) is 5.10 Å². The van der Waals surface area contributed by atoms with E-state index in [1.54, 1.807) is 6.21 Å². The molecule has 0 spiro atoms. The van der Waals surface area contributed by atoms with Gasteiger partial charge in [-0.1, -0.05) is 59.6 Å². The molecule has 2 rings (SSSR count). The molecule has 0 unspecified atom stereocenters. The predicted molar refractivity (Wildman–Crippen MR) is 113 cm³/mol. The van der Waals surface area contributed by atoms with Gasteiger partial charge in [-0.25, -0.2) is 5.43 Å². The highest BCUT2D eigenvalue weighted by Gasteiger charge is 2.17. The van der Waals surface area contributed by atoms with Crippen LogP contribution in [0.3, 0.4) is 0 Å². The second kappa shape index (κ2) is 9.33. The highest BCUT2D eigenvalue weighted by atomic mass is 79.9. The highest BCUT2D eigenvalue weighted by molar-refractivity contribution is 9.11. The molecule has 0 saturated heterocycles. The van der Waals surface area contributed by atoms with Gasteiger partial charge < -0.3 is 4.74 Å². The zero-order chi connectivity index (χ0) is 19.3. The number of carbonyl (C=O) groups excluding carboxylic acids is 1. The van der Waals surface area contributed by atoms with Crippen molar-refractivity contribution in [3.05, 3.63) is 61.5 Å². The van der Waals surface area contributed by atoms with Crippen LogP contribution in [0.25, 0.3) is 0 Å². The Morgan fingerprint density at radius 3 is 2.50 bits per heavy atom. The van der Waals surface area contributed by atoms with Gasteiger partial charge in [-0.15, -0.1) is 0 Å². The Labute approximate surface area is 171 Å². The van der Waals surface area contributed by atoms with Crippen LogP contribution in [-0.2, 0) is 4.79 Å². The van der Waals surface area contributed by atoms with Crippen LogP contribution in [0.15, 0.2) is 44.4 Å². The van der Waals surface area contributed by atoms with Crippen molar-refractivity contribution in [2.75, 3.05) is 6.61 Å². The SMILES string of the molecule is Cc1ccc(C=NNC(=O)COc2c(C(C)C)cc(Br)c(C)c2Br)cc1. The fraction of sp³-hybridized carbons (Fsp3) is 0.300. The van der Waals surface area contributed by atoms with E-state index in [9.17, 15) is 4.79 Å². The third-order valence-corrected chi connectivity index (χ3v) is 5.66. The summed E-state index contributed by atoms with van der Waals surface area (Å²) in [6, 6.07) is 9.91. The van der Waals surface area contributed by atoms with E-state index in [2.05, 4.69) is 56.2 Å². The van der Waals surface area contributed by atoms with Crippen LogP contribution in [0, 0.1) is 13.8 Å². The first-order chi connectivity index (χ1) is 12.3. The molecule has 0 heterocycles. The normalized spacial score (nSPS) is 11.2. The molecule has 4 nitrogen and oxygen atoms in total. The van der Waals surface area contributed by atoms with Crippen molar-refractivity contribution in [1.82, 2.24) is 5.43 Å². The molecule has 6 heteroatoms. The summed E-state index contributed by atoms with van der Waals surface area (Å²) >= 11 is 7.13. The fourth-order valence-corrected chi connectivity index (χ4v) is 3.56. The minimum atomic E-state index is -0.310. The van der Waals surface area contributed by atoms with Crippen molar-refractivity contribution in [2.24, 2.45) is 5.10 Å². The lowest BCUT2D eigenvalue weighted by Gasteiger charge is -2.18. The molecule has 0 saturated carbocycles. The topological polar surface area (TPSA) is 50.7 Å². The number of nitrogens with zero attached hydrogens (tertiary/aromatic N) is 1. The van der Waals surface area contributed by atoms with Crippen LogP contribution in [0.4, 0.5) is 0 Å². The molecule has 1 amide bonds. The van der Waals surface area contributed by atoms with Gasteiger partial charge in [0.2, 0.25) is 0 Å². The molecule has 0 aliphatic rings. The zero-order valence-corrected chi connectivity index (χ0v) is 18.4. The predicted octanol–water partition coefficient (Wildman–Crippen LogP) is 5.48. The Morgan fingerprint density at radius 2 is 1.88 bits per heavy atom. The molecule has 0 radical (unpaired) electrons. The molecular weight excluding hydrogens is 460 g/mol. The van der Waals surface area contributed by atoms with Crippen LogP contribution >= 0.6 is 31.9 Å². The summed E-state index contributed by atoms with van der Waals surface area (Å²) in [4.78, 5) is 12.0. The van der Waals surface area contributed by atoms with Crippen LogP contribution in [-0.4, -0.2) is 18.7 Å². The fourth-order valence-electron chi connectivity index (χ4n) is 2.29. The number of rotatable bonds is 6. The smallest absolute Gasteiger partial charge is 0.277 e. The van der Waals surface area contributed by atoms with E-state index >= 15 is 0 Å². The van der Waals surface area contributed by atoms with E-state index in [0.29, 0.717) is 5.75 Å². The van der Waals surface area contributed by atoms with Crippen molar-refractivity contribution in [2.45, 2.75) is 33.6 Å². The number of benzene rings is 2. The molecule has 2 aromatic rings. The minimum absolute atomic E-state index is 0.107. The van der Waals surface area contributed by atoms with Gasteiger partial charge in [0.25, 0.3) is 5.91 Å². The average molecular weight is 482 g/mol. The number of hydrogen-bond acceptors (Lipinski definition) is 3. The molecule has 2 aromatic carbocycles. The summed E-state index contributed by atoms with van der Waals surface area (Å²) in [6.45, 7) is 8.07. The summed E-state index contributed by atoms with van der Waals surface area (Å²) < 4.78 is 7.65. The Bertz CT molecular complexity index is 816. The van der Waals surface area contributed by atoms with Crippen molar-refractivity contribution in [3.8, 4) is 5.75 Å². The molecule has 26 heavy (non-hydrogen) atoms. The number of aryl methyl sites for hydroxylation is 1. The van der Waals surface area contributed by atoms with E-state index in [1.807, 2.05) is 44.2 Å². The lowest BCUT2D eigenvalue weighted by atomic mass is 10.0. The Morgan fingerprint density at radius 1 is 1.23 bits per heavy atom. The number of carbonyl (C=O) groups is 1. The number of hydrazone groups is 1. The molecule has 0 aliphatic heterocycles. The Balaban J connectivity index is 2.01. The maximum absolute atomic E-state index is 12.0. The standard InChI is InChI=1S/C20H22Br2N2O2/c1-12(2)16-9-17(21)14(4)19(22)20(16)26-11-18(25)24-23-10-15-7-5-13(3)6-8-15/h5-10,12H,11H2,1-4H3,(H,24,25). The monoisotopic (exact) mass is 480 g/mol. The number of halogens is 2. The van der Waals surface area contributed by atoms with Gasteiger partial charge in [-0.05, 0) is 58.5 Å². The van der Waals surface area contributed by atoms with Crippen molar-refractivity contribution < 1.29 is 9.53 Å². The molecular formula is C20H22Br2N2O2. The average Bonchev–Trinajstić information content (AvgIpc) is 2.60. The molecule has 0 aliphatic carbocycles. The van der Waals surface area contributed by atoms with Crippen molar-refractivity contribution in [3.63, 3.8) is 0 Å². The van der Waals surface area contributed by atoms with Crippen molar-refractivity contribution in [1.29, 1.82) is 0 Å². The first kappa shape index (κ1) is 20.6. The van der Waals surface area contributed by atoms with E-state index in [-0.39, 0.29) is 18.4 Å². The third-order valence-electron chi connectivity index (χ3n) is 3.88. The second-order valence-corrected chi connectivity index (χ2v) is 8.01. The zero-order valence-electron chi connectivity index (χ0n) is 15.3. The lowest BCUT2D eigenvalue weighted by molar-refractivity contribution is -0.123.